The molecule has 1 aliphatic rings. The molecule has 3 N–H and O–H groups in total. The van der Waals surface area contributed by atoms with Crippen LogP contribution in [0.3, 0.4) is 0 Å². The van der Waals surface area contributed by atoms with E-state index in [1.165, 1.54) is 12.1 Å². The van der Waals surface area contributed by atoms with Crippen LogP contribution in [-0.4, -0.2) is 18.5 Å². The maximum atomic E-state index is 13.0. The molecule has 110 valence electrons. The van der Waals surface area contributed by atoms with Gasteiger partial charge in [-0.05, 0) is 36.5 Å². The molecule has 0 aromatic heterocycles. The Hall–Kier alpha value is -1.42. The van der Waals surface area contributed by atoms with Crippen LogP contribution < -0.4 is 11.1 Å². The summed E-state index contributed by atoms with van der Waals surface area (Å²) in [6, 6.07) is 6.14. The van der Waals surface area contributed by atoms with E-state index in [4.69, 9.17) is 5.73 Å². The summed E-state index contributed by atoms with van der Waals surface area (Å²) in [5, 5.41) is 2.96. The molecule has 20 heavy (non-hydrogen) atoms. The fourth-order valence-electron chi connectivity index (χ4n) is 2.65. The average Bonchev–Trinajstić information content (AvgIpc) is 2.38. The molecule has 4 heteroatoms. The van der Waals surface area contributed by atoms with Gasteiger partial charge >= 0.3 is 0 Å². The highest BCUT2D eigenvalue weighted by Gasteiger charge is 2.39. The van der Waals surface area contributed by atoms with E-state index in [0.717, 1.165) is 24.8 Å². The number of amides is 1. The van der Waals surface area contributed by atoms with E-state index >= 15 is 0 Å². The predicted octanol–water partition coefficient (Wildman–Crippen LogP) is 2.35. The van der Waals surface area contributed by atoms with Gasteiger partial charge in [0.2, 0.25) is 5.91 Å². The molecule has 1 amide bonds. The molecule has 1 aromatic rings. The van der Waals surface area contributed by atoms with E-state index in [0.29, 0.717) is 6.54 Å². The van der Waals surface area contributed by atoms with Crippen LogP contribution in [-0.2, 0) is 10.2 Å². The SMILES string of the molecule is CC(C)[C@H](N)C(=O)NCC1(c2ccc(F)cc2)CCC1. The highest BCUT2D eigenvalue weighted by atomic mass is 19.1. The smallest absolute Gasteiger partial charge is 0.237 e. The number of rotatable bonds is 5. The van der Waals surface area contributed by atoms with Gasteiger partial charge in [0.15, 0.2) is 0 Å². The summed E-state index contributed by atoms with van der Waals surface area (Å²) in [5.74, 6) is -0.208. The van der Waals surface area contributed by atoms with E-state index in [1.54, 1.807) is 0 Å². The lowest BCUT2D eigenvalue weighted by atomic mass is 9.64. The van der Waals surface area contributed by atoms with Crippen LogP contribution in [0.1, 0.15) is 38.7 Å². The third-order valence-electron chi connectivity index (χ3n) is 4.39. The molecule has 1 fully saturated rings. The molecule has 1 saturated carbocycles. The number of carbonyl (C=O) groups excluding carboxylic acids is 1. The zero-order valence-corrected chi connectivity index (χ0v) is 12.2. The summed E-state index contributed by atoms with van der Waals surface area (Å²) < 4.78 is 13.0. The largest absolute Gasteiger partial charge is 0.354 e. The first-order valence-electron chi connectivity index (χ1n) is 7.24. The summed E-state index contributed by atoms with van der Waals surface area (Å²) in [4.78, 5) is 12.0. The van der Waals surface area contributed by atoms with E-state index < -0.39 is 6.04 Å². The van der Waals surface area contributed by atoms with Crippen molar-refractivity contribution in [1.82, 2.24) is 5.32 Å². The van der Waals surface area contributed by atoms with Crippen molar-refractivity contribution in [3.63, 3.8) is 0 Å². The molecule has 0 bridgehead atoms. The number of hydrogen-bond donors (Lipinski definition) is 2. The summed E-state index contributed by atoms with van der Waals surface area (Å²) in [6.07, 6.45) is 3.19. The Bertz CT molecular complexity index is 466. The van der Waals surface area contributed by atoms with Crippen molar-refractivity contribution < 1.29 is 9.18 Å². The second-order valence-corrected chi connectivity index (χ2v) is 6.13. The van der Waals surface area contributed by atoms with Gasteiger partial charge in [-0.1, -0.05) is 32.4 Å². The normalized spacial score (nSPS) is 18.4. The number of halogens is 1. The fraction of sp³-hybridized carbons (Fsp3) is 0.562. The predicted molar refractivity (Wildman–Crippen MR) is 77.8 cm³/mol. The highest BCUT2D eigenvalue weighted by Crippen LogP contribution is 2.43. The van der Waals surface area contributed by atoms with Gasteiger partial charge in [0.05, 0.1) is 6.04 Å². The second kappa shape index (κ2) is 5.92. The Labute approximate surface area is 119 Å². The molecule has 0 spiro atoms. The number of nitrogens with one attached hydrogen (secondary N) is 1. The Morgan fingerprint density at radius 3 is 2.40 bits per heavy atom. The van der Waals surface area contributed by atoms with Crippen molar-refractivity contribution in [3.8, 4) is 0 Å². The van der Waals surface area contributed by atoms with Gasteiger partial charge in [0.25, 0.3) is 0 Å². The van der Waals surface area contributed by atoms with E-state index in [1.807, 2.05) is 26.0 Å². The molecule has 0 heterocycles. The summed E-state index contributed by atoms with van der Waals surface area (Å²) in [7, 11) is 0. The quantitative estimate of drug-likeness (QED) is 0.868. The summed E-state index contributed by atoms with van der Waals surface area (Å²) in [5.41, 5.74) is 6.90. The lowest BCUT2D eigenvalue weighted by molar-refractivity contribution is -0.123. The summed E-state index contributed by atoms with van der Waals surface area (Å²) in [6.45, 7) is 4.45. The fourth-order valence-corrected chi connectivity index (χ4v) is 2.65. The third-order valence-corrected chi connectivity index (χ3v) is 4.39. The van der Waals surface area contributed by atoms with Crippen molar-refractivity contribution in [2.45, 2.75) is 44.6 Å². The third kappa shape index (κ3) is 3.01. The number of hydrogen-bond acceptors (Lipinski definition) is 2. The van der Waals surface area contributed by atoms with Crippen molar-refractivity contribution in [2.24, 2.45) is 11.7 Å². The van der Waals surface area contributed by atoms with E-state index in [9.17, 15) is 9.18 Å². The van der Waals surface area contributed by atoms with Crippen LogP contribution in [0, 0.1) is 11.7 Å². The van der Waals surface area contributed by atoms with Crippen LogP contribution in [0.4, 0.5) is 4.39 Å². The van der Waals surface area contributed by atoms with Crippen LogP contribution in [0.15, 0.2) is 24.3 Å². The van der Waals surface area contributed by atoms with Crippen LogP contribution in [0.2, 0.25) is 0 Å². The molecule has 1 aromatic carbocycles. The van der Waals surface area contributed by atoms with Gasteiger partial charge in [0, 0.05) is 12.0 Å². The molecule has 2 rings (SSSR count). The maximum Gasteiger partial charge on any atom is 0.237 e. The van der Waals surface area contributed by atoms with Crippen molar-refractivity contribution in [3.05, 3.63) is 35.6 Å². The maximum absolute atomic E-state index is 13.0. The summed E-state index contributed by atoms with van der Waals surface area (Å²) >= 11 is 0. The first-order chi connectivity index (χ1) is 9.44. The molecular weight excluding hydrogens is 255 g/mol. The molecule has 0 saturated heterocycles. The van der Waals surface area contributed by atoms with Gasteiger partial charge in [0.1, 0.15) is 5.82 Å². The molecule has 3 nitrogen and oxygen atoms in total. The Balaban J connectivity index is 2.02. The number of carbonyl (C=O) groups is 1. The van der Waals surface area contributed by atoms with Crippen molar-refractivity contribution in [2.75, 3.05) is 6.54 Å². The van der Waals surface area contributed by atoms with Crippen LogP contribution in [0.5, 0.6) is 0 Å². The number of nitrogens with two attached hydrogens (primary N) is 1. The zero-order valence-electron chi connectivity index (χ0n) is 12.2. The van der Waals surface area contributed by atoms with Gasteiger partial charge in [-0.2, -0.15) is 0 Å². The molecule has 0 radical (unpaired) electrons. The number of benzene rings is 1. The zero-order chi connectivity index (χ0) is 14.8. The topological polar surface area (TPSA) is 55.1 Å². The first kappa shape index (κ1) is 15.0. The van der Waals surface area contributed by atoms with Crippen LogP contribution in [0.25, 0.3) is 0 Å². The lowest BCUT2D eigenvalue weighted by Crippen LogP contribution is -2.51. The molecule has 0 aliphatic heterocycles. The van der Waals surface area contributed by atoms with Crippen LogP contribution >= 0.6 is 0 Å². The molecule has 1 aliphatic carbocycles. The average molecular weight is 278 g/mol. The van der Waals surface area contributed by atoms with Gasteiger partial charge in [-0.3, -0.25) is 4.79 Å². The molecule has 0 unspecified atom stereocenters. The van der Waals surface area contributed by atoms with Gasteiger partial charge in [-0.25, -0.2) is 4.39 Å². The standard InChI is InChI=1S/C16H23FN2O/c1-11(2)14(18)15(20)19-10-16(8-3-9-16)12-4-6-13(17)7-5-12/h4-7,11,14H,3,8-10,18H2,1-2H3,(H,19,20)/t14-/m0/s1. The molecular formula is C16H23FN2O. The minimum absolute atomic E-state index is 0.0416. The van der Waals surface area contributed by atoms with Crippen molar-refractivity contribution >= 4 is 5.91 Å². The van der Waals surface area contributed by atoms with E-state index in [2.05, 4.69) is 5.32 Å². The second-order valence-electron chi connectivity index (χ2n) is 6.13. The Morgan fingerprint density at radius 1 is 1.35 bits per heavy atom. The first-order valence-corrected chi connectivity index (χ1v) is 7.24. The highest BCUT2D eigenvalue weighted by molar-refractivity contribution is 5.81. The van der Waals surface area contributed by atoms with Gasteiger partial charge < -0.3 is 11.1 Å². The Morgan fingerprint density at radius 2 is 1.95 bits per heavy atom. The van der Waals surface area contributed by atoms with E-state index in [-0.39, 0.29) is 23.1 Å². The van der Waals surface area contributed by atoms with Crippen molar-refractivity contribution in [1.29, 1.82) is 0 Å². The Kier molecular flexibility index (Phi) is 4.43. The molecule has 1 atom stereocenters. The van der Waals surface area contributed by atoms with Gasteiger partial charge in [-0.15, -0.1) is 0 Å². The minimum atomic E-state index is -0.472. The lowest BCUT2D eigenvalue weighted by Gasteiger charge is -2.43. The monoisotopic (exact) mass is 278 g/mol. The minimum Gasteiger partial charge on any atom is -0.354 e.